The van der Waals surface area contributed by atoms with Crippen LogP contribution in [0.4, 0.5) is 0 Å². The number of hydrogen-bond donors (Lipinski definition) is 1. The number of aryl methyl sites for hydroxylation is 1. The van der Waals surface area contributed by atoms with E-state index >= 15 is 0 Å². The van der Waals surface area contributed by atoms with Gasteiger partial charge in [0.05, 0.1) is 16.1 Å². The lowest BCUT2D eigenvalue weighted by atomic mass is 10.2. The molecule has 112 valence electrons. The molecule has 0 fully saturated rings. The Hall–Kier alpha value is -1.11. The van der Waals surface area contributed by atoms with Crippen LogP contribution in [-0.4, -0.2) is 19.1 Å². The van der Waals surface area contributed by atoms with E-state index < -0.39 is 0 Å². The van der Waals surface area contributed by atoms with Gasteiger partial charge >= 0.3 is 0 Å². The first-order chi connectivity index (χ1) is 10.0. The molecule has 0 aliphatic carbocycles. The van der Waals surface area contributed by atoms with Gasteiger partial charge in [-0.1, -0.05) is 6.07 Å². The molecular formula is C15H16Br2N2O2. The van der Waals surface area contributed by atoms with Crippen LogP contribution in [0.1, 0.15) is 11.3 Å². The van der Waals surface area contributed by atoms with Crippen molar-refractivity contribution in [3.05, 3.63) is 44.5 Å². The summed E-state index contributed by atoms with van der Waals surface area (Å²) in [5.41, 5.74) is 2.10. The molecule has 0 bridgehead atoms. The maximum Gasteiger partial charge on any atom is 0.219 e. The standard InChI is InChI=1S/C15H16Br2N2O2/c1-9-10(8-18-2)4-5-15(19-9)21-14-7-11(16)13(20-3)6-12(14)17/h4-7,18H,8H2,1-3H3. The summed E-state index contributed by atoms with van der Waals surface area (Å²) in [4.78, 5) is 4.47. The molecule has 0 spiro atoms. The van der Waals surface area contributed by atoms with E-state index in [2.05, 4.69) is 42.2 Å². The van der Waals surface area contributed by atoms with Crippen LogP contribution < -0.4 is 14.8 Å². The zero-order valence-corrected chi connectivity index (χ0v) is 15.2. The van der Waals surface area contributed by atoms with Crippen molar-refractivity contribution >= 4 is 31.9 Å². The fourth-order valence-electron chi connectivity index (χ4n) is 1.86. The lowest BCUT2D eigenvalue weighted by Crippen LogP contribution is -2.07. The average molecular weight is 416 g/mol. The number of methoxy groups -OCH3 is 1. The Balaban J connectivity index is 2.26. The number of pyridine rings is 1. The maximum atomic E-state index is 5.84. The number of hydrogen-bond acceptors (Lipinski definition) is 4. The van der Waals surface area contributed by atoms with Crippen molar-refractivity contribution in [1.82, 2.24) is 10.3 Å². The predicted molar refractivity (Wildman–Crippen MR) is 90.2 cm³/mol. The highest BCUT2D eigenvalue weighted by Gasteiger charge is 2.10. The topological polar surface area (TPSA) is 43.4 Å². The zero-order valence-electron chi connectivity index (χ0n) is 12.0. The Morgan fingerprint density at radius 3 is 2.43 bits per heavy atom. The lowest BCUT2D eigenvalue weighted by Gasteiger charge is -2.12. The third-order valence-corrected chi connectivity index (χ3v) is 4.20. The number of benzene rings is 1. The largest absolute Gasteiger partial charge is 0.496 e. The number of halogens is 2. The minimum absolute atomic E-state index is 0.560. The van der Waals surface area contributed by atoms with Crippen LogP contribution in [0.2, 0.25) is 0 Å². The van der Waals surface area contributed by atoms with Crippen LogP contribution in [0.3, 0.4) is 0 Å². The van der Waals surface area contributed by atoms with Gasteiger partial charge in [0, 0.05) is 18.3 Å². The number of nitrogens with one attached hydrogen (secondary N) is 1. The van der Waals surface area contributed by atoms with Crippen molar-refractivity contribution in [2.45, 2.75) is 13.5 Å². The summed E-state index contributed by atoms with van der Waals surface area (Å²) in [6, 6.07) is 7.58. The van der Waals surface area contributed by atoms with E-state index in [9.17, 15) is 0 Å². The van der Waals surface area contributed by atoms with Gasteiger partial charge in [0.1, 0.15) is 11.5 Å². The first-order valence-corrected chi connectivity index (χ1v) is 7.95. The highest BCUT2D eigenvalue weighted by atomic mass is 79.9. The first-order valence-electron chi connectivity index (χ1n) is 6.37. The van der Waals surface area contributed by atoms with E-state index in [4.69, 9.17) is 9.47 Å². The number of ether oxygens (including phenoxy) is 2. The molecule has 0 aliphatic rings. The van der Waals surface area contributed by atoms with Gasteiger partial charge in [0.2, 0.25) is 5.88 Å². The molecule has 0 unspecified atom stereocenters. The minimum atomic E-state index is 0.560. The highest BCUT2D eigenvalue weighted by molar-refractivity contribution is 9.11. The monoisotopic (exact) mass is 414 g/mol. The molecule has 2 rings (SSSR count). The van der Waals surface area contributed by atoms with E-state index in [1.165, 1.54) is 0 Å². The van der Waals surface area contributed by atoms with Crippen molar-refractivity contribution in [2.75, 3.05) is 14.2 Å². The van der Waals surface area contributed by atoms with Crippen molar-refractivity contribution < 1.29 is 9.47 Å². The third-order valence-electron chi connectivity index (χ3n) is 2.96. The van der Waals surface area contributed by atoms with Crippen LogP contribution in [0.5, 0.6) is 17.4 Å². The van der Waals surface area contributed by atoms with Crippen LogP contribution >= 0.6 is 31.9 Å². The average Bonchev–Trinajstić information content (AvgIpc) is 2.45. The van der Waals surface area contributed by atoms with E-state index in [1.807, 2.05) is 38.2 Å². The molecule has 1 N–H and O–H groups in total. The molecule has 4 nitrogen and oxygen atoms in total. The summed E-state index contributed by atoms with van der Waals surface area (Å²) in [7, 11) is 3.54. The first kappa shape index (κ1) is 16.3. The van der Waals surface area contributed by atoms with Gasteiger partial charge in [0.25, 0.3) is 0 Å². The fourth-order valence-corrected chi connectivity index (χ4v) is 2.75. The van der Waals surface area contributed by atoms with Gasteiger partial charge in [-0.2, -0.15) is 0 Å². The number of aromatic nitrogens is 1. The number of rotatable bonds is 5. The Kier molecular flexibility index (Phi) is 5.61. The van der Waals surface area contributed by atoms with Gasteiger partial charge in [-0.05, 0) is 63.5 Å². The van der Waals surface area contributed by atoms with Crippen LogP contribution in [-0.2, 0) is 6.54 Å². The van der Waals surface area contributed by atoms with Gasteiger partial charge in [-0.3, -0.25) is 0 Å². The van der Waals surface area contributed by atoms with Gasteiger partial charge in [-0.25, -0.2) is 4.98 Å². The molecule has 6 heteroatoms. The second kappa shape index (κ2) is 7.24. The number of nitrogens with zero attached hydrogens (tertiary/aromatic N) is 1. The Morgan fingerprint density at radius 1 is 1.14 bits per heavy atom. The van der Waals surface area contributed by atoms with Crippen molar-refractivity contribution in [3.63, 3.8) is 0 Å². The molecule has 0 saturated carbocycles. The molecular weight excluding hydrogens is 400 g/mol. The van der Waals surface area contributed by atoms with Gasteiger partial charge < -0.3 is 14.8 Å². The van der Waals surface area contributed by atoms with E-state index in [0.717, 1.165) is 32.5 Å². The Morgan fingerprint density at radius 2 is 1.81 bits per heavy atom. The molecule has 21 heavy (non-hydrogen) atoms. The van der Waals surface area contributed by atoms with E-state index in [1.54, 1.807) is 7.11 Å². The SMILES string of the molecule is CNCc1ccc(Oc2cc(Br)c(OC)cc2Br)nc1C. The molecule has 0 radical (unpaired) electrons. The summed E-state index contributed by atoms with van der Waals surface area (Å²) in [6.45, 7) is 2.76. The molecule has 2 aromatic rings. The predicted octanol–water partition coefficient (Wildman–Crippen LogP) is 4.44. The fraction of sp³-hybridized carbons (Fsp3) is 0.267. The molecule has 0 atom stereocenters. The Labute approximate surface area is 141 Å². The molecule has 1 aromatic heterocycles. The molecule has 0 aliphatic heterocycles. The van der Waals surface area contributed by atoms with Crippen LogP contribution in [0, 0.1) is 6.92 Å². The zero-order chi connectivity index (χ0) is 15.4. The molecule has 1 heterocycles. The van der Waals surface area contributed by atoms with Crippen molar-refractivity contribution in [3.8, 4) is 17.4 Å². The second-order valence-corrected chi connectivity index (χ2v) is 6.15. The smallest absolute Gasteiger partial charge is 0.219 e. The molecule has 1 aromatic carbocycles. The summed E-state index contributed by atoms with van der Waals surface area (Å²) >= 11 is 6.92. The summed E-state index contributed by atoms with van der Waals surface area (Å²) in [5, 5.41) is 3.11. The van der Waals surface area contributed by atoms with Crippen molar-refractivity contribution in [1.29, 1.82) is 0 Å². The van der Waals surface area contributed by atoms with Gasteiger partial charge in [-0.15, -0.1) is 0 Å². The third kappa shape index (κ3) is 3.96. The minimum Gasteiger partial charge on any atom is -0.496 e. The summed E-state index contributed by atoms with van der Waals surface area (Å²) in [6.07, 6.45) is 0. The molecule has 0 amide bonds. The van der Waals surface area contributed by atoms with Crippen LogP contribution in [0.25, 0.3) is 0 Å². The van der Waals surface area contributed by atoms with E-state index in [-0.39, 0.29) is 0 Å². The summed E-state index contributed by atoms with van der Waals surface area (Å²) in [5.74, 6) is 1.98. The van der Waals surface area contributed by atoms with Crippen LogP contribution in [0.15, 0.2) is 33.2 Å². The Bertz CT molecular complexity index is 648. The maximum absolute atomic E-state index is 5.84. The second-order valence-electron chi connectivity index (χ2n) is 4.44. The highest BCUT2D eigenvalue weighted by Crippen LogP contribution is 2.37. The normalized spacial score (nSPS) is 10.5. The lowest BCUT2D eigenvalue weighted by molar-refractivity contribution is 0.408. The quantitative estimate of drug-likeness (QED) is 0.784. The van der Waals surface area contributed by atoms with Crippen molar-refractivity contribution in [2.24, 2.45) is 0 Å². The summed E-state index contributed by atoms with van der Waals surface area (Å²) < 4.78 is 12.7. The van der Waals surface area contributed by atoms with E-state index in [0.29, 0.717) is 11.6 Å². The molecule has 0 saturated heterocycles. The van der Waals surface area contributed by atoms with Gasteiger partial charge in [0.15, 0.2) is 0 Å².